The van der Waals surface area contributed by atoms with Crippen LogP contribution in [0.15, 0.2) is 18.2 Å². The Labute approximate surface area is 194 Å². The van der Waals surface area contributed by atoms with Gasteiger partial charge >= 0.3 is 6.09 Å². The van der Waals surface area contributed by atoms with Crippen molar-refractivity contribution in [1.29, 1.82) is 0 Å². The Hall–Kier alpha value is -1.44. The molecule has 1 aromatic rings. The third-order valence-corrected chi connectivity index (χ3v) is 11.1. The number of amides is 1. The number of likely N-dealkylation sites (tertiary alicyclic amines) is 1. The summed E-state index contributed by atoms with van der Waals surface area (Å²) in [5, 5.41) is 11.3. The molecular formula is C25H42FNO4Si. The molecule has 1 aliphatic rings. The Balaban J connectivity index is 2.11. The third kappa shape index (κ3) is 7.03. The molecule has 0 saturated carbocycles. The number of hydrogen-bond acceptors (Lipinski definition) is 4. The molecule has 2 unspecified atom stereocenters. The number of halogens is 1. The topological polar surface area (TPSA) is 59.0 Å². The van der Waals surface area contributed by atoms with Crippen LogP contribution in [-0.4, -0.2) is 49.2 Å². The van der Waals surface area contributed by atoms with E-state index in [1.54, 1.807) is 11.0 Å². The van der Waals surface area contributed by atoms with Crippen LogP contribution in [0.3, 0.4) is 0 Å². The second kappa shape index (κ2) is 10.2. The second-order valence-corrected chi connectivity index (χ2v) is 16.2. The molecule has 1 fully saturated rings. The van der Waals surface area contributed by atoms with Crippen molar-refractivity contribution in [2.45, 2.75) is 103 Å². The summed E-state index contributed by atoms with van der Waals surface area (Å²) < 4.78 is 25.9. The van der Waals surface area contributed by atoms with E-state index in [9.17, 15) is 14.3 Å². The number of aliphatic hydroxyl groups is 1. The van der Waals surface area contributed by atoms with Gasteiger partial charge in [0.25, 0.3) is 0 Å². The highest BCUT2D eigenvalue weighted by Crippen LogP contribution is 2.37. The SMILES string of the molecule is CC(C)(C)OC(=O)N1CCCC1C(O)c1cc(F)ccc1CCCO[Si](C)(C)C(C)(C)C. The minimum absolute atomic E-state index is 0.151. The molecule has 0 spiro atoms. The molecule has 1 heterocycles. The molecule has 2 atom stereocenters. The number of ether oxygens (including phenoxy) is 1. The van der Waals surface area contributed by atoms with Gasteiger partial charge in [0.2, 0.25) is 0 Å². The number of benzene rings is 1. The first kappa shape index (κ1) is 26.8. The van der Waals surface area contributed by atoms with Crippen LogP contribution in [0.25, 0.3) is 0 Å². The summed E-state index contributed by atoms with van der Waals surface area (Å²) in [6.45, 7) is 17.7. The zero-order valence-electron chi connectivity index (χ0n) is 21.1. The third-order valence-electron chi connectivity index (χ3n) is 6.58. The molecule has 0 aromatic heterocycles. The maximum Gasteiger partial charge on any atom is 0.410 e. The number of aliphatic hydroxyl groups excluding tert-OH is 1. The summed E-state index contributed by atoms with van der Waals surface area (Å²) in [4.78, 5) is 14.2. The van der Waals surface area contributed by atoms with Gasteiger partial charge in [0.05, 0.1) is 12.1 Å². The van der Waals surface area contributed by atoms with Gasteiger partial charge in [-0.1, -0.05) is 26.8 Å². The Bertz CT molecular complexity index is 785. The Morgan fingerprint density at radius 1 is 1.25 bits per heavy atom. The quantitative estimate of drug-likeness (QED) is 0.382. The standard InChI is InChI=1S/C25H42FNO4Si/c1-24(2,3)31-23(29)27-15-9-12-21(27)22(28)20-17-19(26)14-13-18(20)11-10-16-30-32(7,8)25(4,5)6/h13-14,17,21-22,28H,9-12,15-16H2,1-8H3. The van der Waals surface area contributed by atoms with Crippen molar-refractivity contribution in [2.75, 3.05) is 13.2 Å². The van der Waals surface area contributed by atoms with Crippen molar-refractivity contribution in [1.82, 2.24) is 4.90 Å². The molecule has 0 bridgehead atoms. The maximum absolute atomic E-state index is 14.1. The van der Waals surface area contributed by atoms with Crippen LogP contribution < -0.4 is 0 Å². The fourth-order valence-corrected chi connectivity index (χ4v) is 4.84. The van der Waals surface area contributed by atoms with Gasteiger partial charge in [-0.3, -0.25) is 0 Å². The van der Waals surface area contributed by atoms with Crippen LogP contribution in [0.4, 0.5) is 9.18 Å². The zero-order chi connectivity index (χ0) is 24.3. The molecular weight excluding hydrogens is 425 g/mol. The summed E-state index contributed by atoms with van der Waals surface area (Å²) >= 11 is 0. The van der Waals surface area contributed by atoms with E-state index in [1.165, 1.54) is 12.1 Å². The highest BCUT2D eigenvalue weighted by Gasteiger charge is 2.38. The van der Waals surface area contributed by atoms with E-state index in [2.05, 4.69) is 33.9 Å². The van der Waals surface area contributed by atoms with Crippen LogP contribution in [0, 0.1) is 5.82 Å². The van der Waals surface area contributed by atoms with Crippen LogP contribution in [0.1, 0.15) is 78.0 Å². The molecule has 2 rings (SSSR count). The van der Waals surface area contributed by atoms with E-state index in [1.807, 2.05) is 20.8 Å². The molecule has 1 amide bonds. The van der Waals surface area contributed by atoms with Gasteiger partial charge in [0.1, 0.15) is 11.4 Å². The molecule has 1 aliphatic heterocycles. The highest BCUT2D eigenvalue weighted by molar-refractivity contribution is 6.74. The lowest BCUT2D eigenvalue weighted by Crippen LogP contribution is -2.42. The lowest BCUT2D eigenvalue weighted by atomic mass is 9.93. The minimum atomic E-state index is -1.82. The van der Waals surface area contributed by atoms with Crippen LogP contribution in [0.2, 0.25) is 18.1 Å². The minimum Gasteiger partial charge on any atom is -0.444 e. The van der Waals surface area contributed by atoms with Gasteiger partial charge in [0.15, 0.2) is 8.32 Å². The number of carbonyl (C=O) groups is 1. The van der Waals surface area contributed by atoms with Gasteiger partial charge in [-0.25, -0.2) is 9.18 Å². The maximum atomic E-state index is 14.1. The number of nitrogens with zero attached hydrogens (tertiary/aromatic N) is 1. The summed E-state index contributed by atoms with van der Waals surface area (Å²) in [6.07, 6.45) is 1.52. The smallest absolute Gasteiger partial charge is 0.410 e. The van der Waals surface area contributed by atoms with Gasteiger partial charge in [-0.2, -0.15) is 0 Å². The van der Waals surface area contributed by atoms with Crippen molar-refractivity contribution < 1.29 is 23.5 Å². The van der Waals surface area contributed by atoms with E-state index >= 15 is 0 Å². The van der Waals surface area contributed by atoms with Crippen LogP contribution in [0.5, 0.6) is 0 Å². The number of carbonyl (C=O) groups excluding carboxylic acids is 1. The number of aryl methyl sites for hydroxylation is 1. The molecule has 7 heteroatoms. The first-order valence-corrected chi connectivity index (χ1v) is 14.6. The Morgan fingerprint density at radius 2 is 1.91 bits per heavy atom. The molecule has 182 valence electrons. The van der Waals surface area contributed by atoms with Gasteiger partial charge < -0.3 is 19.2 Å². The van der Waals surface area contributed by atoms with Crippen molar-refractivity contribution in [3.05, 3.63) is 35.1 Å². The van der Waals surface area contributed by atoms with Crippen molar-refractivity contribution in [3.8, 4) is 0 Å². The van der Waals surface area contributed by atoms with Gasteiger partial charge in [-0.15, -0.1) is 0 Å². The highest BCUT2D eigenvalue weighted by atomic mass is 28.4. The molecule has 1 saturated heterocycles. The molecule has 5 nitrogen and oxygen atoms in total. The second-order valence-electron chi connectivity index (χ2n) is 11.4. The van der Waals surface area contributed by atoms with Gasteiger partial charge in [0, 0.05) is 13.2 Å². The summed E-state index contributed by atoms with van der Waals surface area (Å²) in [5.74, 6) is -0.387. The molecule has 1 N–H and O–H groups in total. The predicted octanol–water partition coefficient (Wildman–Crippen LogP) is 6.21. The lowest BCUT2D eigenvalue weighted by Gasteiger charge is -2.36. The largest absolute Gasteiger partial charge is 0.444 e. The van der Waals surface area contributed by atoms with Crippen molar-refractivity contribution in [2.24, 2.45) is 0 Å². The van der Waals surface area contributed by atoms with E-state index in [4.69, 9.17) is 9.16 Å². The first-order valence-electron chi connectivity index (χ1n) is 11.7. The molecule has 1 aromatic carbocycles. The first-order chi connectivity index (χ1) is 14.6. The monoisotopic (exact) mass is 467 g/mol. The summed E-state index contributed by atoms with van der Waals surface area (Å²) in [6, 6.07) is 4.15. The number of hydrogen-bond donors (Lipinski definition) is 1. The number of rotatable bonds is 7. The van der Waals surface area contributed by atoms with E-state index in [0.717, 1.165) is 18.4 Å². The van der Waals surface area contributed by atoms with E-state index in [-0.39, 0.29) is 10.9 Å². The fraction of sp³-hybridized carbons (Fsp3) is 0.720. The van der Waals surface area contributed by atoms with Crippen molar-refractivity contribution in [3.63, 3.8) is 0 Å². The fourth-order valence-electron chi connectivity index (χ4n) is 3.75. The van der Waals surface area contributed by atoms with Crippen LogP contribution >= 0.6 is 0 Å². The van der Waals surface area contributed by atoms with E-state index in [0.29, 0.717) is 31.6 Å². The van der Waals surface area contributed by atoms with Crippen LogP contribution in [-0.2, 0) is 15.6 Å². The van der Waals surface area contributed by atoms with Gasteiger partial charge in [-0.05, 0) is 87.8 Å². The average Bonchev–Trinajstić information content (AvgIpc) is 3.13. The Morgan fingerprint density at radius 3 is 2.50 bits per heavy atom. The van der Waals surface area contributed by atoms with Crippen molar-refractivity contribution >= 4 is 14.4 Å². The van der Waals surface area contributed by atoms with E-state index < -0.39 is 32.2 Å². The summed E-state index contributed by atoms with van der Waals surface area (Å²) in [7, 11) is -1.82. The normalized spacial score (nSPS) is 18.7. The lowest BCUT2D eigenvalue weighted by molar-refractivity contribution is 0.00472. The Kier molecular flexibility index (Phi) is 8.56. The summed E-state index contributed by atoms with van der Waals surface area (Å²) in [5.41, 5.74) is 0.843. The molecule has 0 radical (unpaired) electrons. The average molecular weight is 468 g/mol. The zero-order valence-corrected chi connectivity index (χ0v) is 22.1. The molecule has 32 heavy (non-hydrogen) atoms. The predicted molar refractivity (Wildman–Crippen MR) is 129 cm³/mol. The molecule has 0 aliphatic carbocycles.